The zero-order valence-electron chi connectivity index (χ0n) is 15.7. The van der Waals surface area contributed by atoms with Gasteiger partial charge in [0.25, 0.3) is 5.91 Å². The average Bonchev–Trinajstić information content (AvgIpc) is 3.32. The SMILES string of the molecule is C=C1C/C(=C\c2cnn3c(NC4CC4)cc(NC4CCOCC4)nc23)C(=O)N1. The zero-order valence-corrected chi connectivity index (χ0v) is 15.7. The molecule has 28 heavy (non-hydrogen) atoms. The third-order valence-electron chi connectivity index (χ3n) is 5.32. The molecule has 0 bridgehead atoms. The van der Waals surface area contributed by atoms with E-state index in [0.717, 1.165) is 54.6 Å². The summed E-state index contributed by atoms with van der Waals surface area (Å²) in [6.45, 7) is 5.39. The molecule has 1 amide bonds. The Hall–Kier alpha value is -2.87. The molecular formula is C20H24N6O2. The van der Waals surface area contributed by atoms with Gasteiger partial charge < -0.3 is 20.7 Å². The van der Waals surface area contributed by atoms with Gasteiger partial charge in [-0.1, -0.05) is 6.58 Å². The van der Waals surface area contributed by atoms with Gasteiger partial charge in [-0.25, -0.2) is 4.98 Å². The minimum Gasteiger partial charge on any atom is -0.381 e. The molecule has 0 spiro atoms. The largest absolute Gasteiger partial charge is 0.381 e. The van der Waals surface area contributed by atoms with E-state index in [2.05, 4.69) is 27.6 Å². The molecule has 5 rings (SSSR count). The van der Waals surface area contributed by atoms with Crippen molar-refractivity contribution in [3.8, 4) is 0 Å². The van der Waals surface area contributed by atoms with E-state index in [4.69, 9.17) is 9.72 Å². The van der Waals surface area contributed by atoms with Crippen molar-refractivity contribution in [3.63, 3.8) is 0 Å². The molecule has 0 unspecified atom stereocenters. The van der Waals surface area contributed by atoms with E-state index >= 15 is 0 Å². The van der Waals surface area contributed by atoms with E-state index in [0.29, 0.717) is 24.1 Å². The summed E-state index contributed by atoms with van der Waals surface area (Å²) >= 11 is 0. The molecular weight excluding hydrogens is 356 g/mol. The number of carbonyl (C=O) groups is 1. The first-order chi connectivity index (χ1) is 13.7. The van der Waals surface area contributed by atoms with E-state index < -0.39 is 0 Å². The fourth-order valence-corrected chi connectivity index (χ4v) is 3.65. The second kappa shape index (κ2) is 6.94. The summed E-state index contributed by atoms with van der Waals surface area (Å²) in [5.74, 6) is 1.65. The van der Waals surface area contributed by atoms with E-state index in [-0.39, 0.29) is 5.91 Å². The summed E-state index contributed by atoms with van der Waals surface area (Å²) in [6, 6.07) is 2.87. The Morgan fingerprint density at radius 1 is 1.21 bits per heavy atom. The maximum Gasteiger partial charge on any atom is 0.251 e. The highest BCUT2D eigenvalue weighted by atomic mass is 16.5. The van der Waals surface area contributed by atoms with Gasteiger partial charge in [-0.3, -0.25) is 4.79 Å². The molecule has 0 radical (unpaired) electrons. The quantitative estimate of drug-likeness (QED) is 0.690. The highest BCUT2D eigenvalue weighted by Crippen LogP contribution is 2.29. The van der Waals surface area contributed by atoms with Crippen LogP contribution in [0.5, 0.6) is 0 Å². The molecule has 3 aliphatic rings. The Kier molecular flexibility index (Phi) is 4.27. The number of aromatic nitrogens is 3. The zero-order chi connectivity index (χ0) is 19.1. The average molecular weight is 380 g/mol. The van der Waals surface area contributed by atoms with Crippen LogP contribution >= 0.6 is 0 Å². The number of rotatable bonds is 5. The number of hydrogen-bond donors (Lipinski definition) is 3. The smallest absolute Gasteiger partial charge is 0.251 e. The first-order valence-corrected chi connectivity index (χ1v) is 9.85. The third-order valence-corrected chi connectivity index (χ3v) is 5.32. The van der Waals surface area contributed by atoms with Crippen molar-refractivity contribution < 1.29 is 9.53 Å². The lowest BCUT2D eigenvalue weighted by Gasteiger charge is -2.24. The van der Waals surface area contributed by atoms with Gasteiger partial charge in [0.2, 0.25) is 0 Å². The lowest BCUT2D eigenvalue weighted by Crippen LogP contribution is -2.28. The van der Waals surface area contributed by atoms with Crippen LogP contribution in [0.15, 0.2) is 30.1 Å². The molecule has 1 aliphatic carbocycles. The van der Waals surface area contributed by atoms with E-state index in [1.807, 2.05) is 16.7 Å². The topological polar surface area (TPSA) is 92.6 Å². The van der Waals surface area contributed by atoms with Gasteiger partial charge >= 0.3 is 0 Å². The van der Waals surface area contributed by atoms with Crippen LogP contribution in [0, 0.1) is 0 Å². The van der Waals surface area contributed by atoms with Gasteiger partial charge in [0.05, 0.1) is 6.20 Å². The predicted octanol–water partition coefficient (Wildman–Crippen LogP) is 2.31. The Morgan fingerprint density at radius 2 is 2.00 bits per heavy atom. The molecule has 4 heterocycles. The Bertz CT molecular complexity index is 968. The number of fused-ring (bicyclic) bond motifs is 1. The predicted molar refractivity (Wildman–Crippen MR) is 107 cm³/mol. The highest BCUT2D eigenvalue weighted by molar-refractivity contribution is 6.02. The third kappa shape index (κ3) is 3.47. The molecule has 0 aromatic carbocycles. The summed E-state index contributed by atoms with van der Waals surface area (Å²) in [6.07, 6.45) is 8.44. The van der Waals surface area contributed by atoms with E-state index in [9.17, 15) is 4.79 Å². The lowest BCUT2D eigenvalue weighted by atomic mass is 10.1. The number of nitrogens with one attached hydrogen (secondary N) is 3. The first-order valence-electron chi connectivity index (χ1n) is 9.85. The van der Waals surface area contributed by atoms with Crippen LogP contribution in [-0.4, -0.2) is 45.8 Å². The number of hydrogen-bond acceptors (Lipinski definition) is 6. The van der Waals surface area contributed by atoms with E-state index in [1.54, 1.807) is 6.20 Å². The highest BCUT2D eigenvalue weighted by Gasteiger charge is 2.24. The number of nitrogens with zero attached hydrogens (tertiary/aromatic N) is 3. The Balaban J connectivity index is 1.52. The summed E-state index contributed by atoms with van der Waals surface area (Å²) < 4.78 is 7.27. The van der Waals surface area contributed by atoms with Gasteiger partial charge in [-0.2, -0.15) is 9.61 Å². The lowest BCUT2D eigenvalue weighted by molar-refractivity contribution is -0.115. The van der Waals surface area contributed by atoms with Crippen molar-refractivity contribution >= 4 is 29.3 Å². The van der Waals surface area contributed by atoms with Crippen LogP contribution < -0.4 is 16.0 Å². The number of amides is 1. The maximum absolute atomic E-state index is 12.1. The number of anilines is 2. The van der Waals surface area contributed by atoms with Crippen molar-refractivity contribution in [3.05, 3.63) is 35.7 Å². The second-order valence-corrected chi connectivity index (χ2v) is 7.72. The molecule has 3 N–H and O–H groups in total. The molecule has 2 aliphatic heterocycles. The number of allylic oxidation sites excluding steroid dienone is 1. The summed E-state index contributed by atoms with van der Waals surface area (Å²) in [5, 5.41) is 14.4. The van der Waals surface area contributed by atoms with Crippen LogP contribution in [0.3, 0.4) is 0 Å². The summed E-state index contributed by atoms with van der Waals surface area (Å²) in [5.41, 5.74) is 2.96. The van der Waals surface area contributed by atoms with Crippen LogP contribution in [0.1, 0.15) is 37.7 Å². The van der Waals surface area contributed by atoms with Crippen LogP contribution in [-0.2, 0) is 9.53 Å². The fourth-order valence-electron chi connectivity index (χ4n) is 3.65. The molecule has 2 aromatic heterocycles. The number of ether oxygens (including phenoxy) is 1. The van der Waals surface area contributed by atoms with Gasteiger partial charge in [0, 0.05) is 54.6 Å². The van der Waals surface area contributed by atoms with Crippen molar-refractivity contribution in [2.45, 2.75) is 44.2 Å². The minimum absolute atomic E-state index is 0.0998. The van der Waals surface area contributed by atoms with Crippen molar-refractivity contribution in [1.82, 2.24) is 19.9 Å². The first kappa shape index (κ1) is 17.2. The van der Waals surface area contributed by atoms with Crippen molar-refractivity contribution in [2.24, 2.45) is 0 Å². The van der Waals surface area contributed by atoms with Crippen LogP contribution in [0.25, 0.3) is 11.7 Å². The minimum atomic E-state index is -0.0998. The van der Waals surface area contributed by atoms with Crippen molar-refractivity contribution in [1.29, 1.82) is 0 Å². The standard InChI is InChI=1S/C20H24N6O2/c1-12-8-13(20(27)22-12)9-14-11-21-26-18(24-15-2-3-15)10-17(25-19(14)26)23-16-4-6-28-7-5-16/h9-11,15-16,24H,1-8H2,(H,22,27)(H,23,25)/b13-9+. The van der Waals surface area contributed by atoms with Gasteiger partial charge in [0.1, 0.15) is 11.6 Å². The molecule has 1 saturated carbocycles. The molecule has 146 valence electrons. The van der Waals surface area contributed by atoms with Gasteiger partial charge in [0.15, 0.2) is 5.65 Å². The molecule has 3 fully saturated rings. The molecule has 8 nitrogen and oxygen atoms in total. The summed E-state index contributed by atoms with van der Waals surface area (Å²) in [7, 11) is 0. The normalized spacial score (nSPS) is 22.1. The monoisotopic (exact) mass is 380 g/mol. The number of carbonyl (C=O) groups excluding carboxylic acids is 1. The molecule has 0 atom stereocenters. The Labute approximate surface area is 163 Å². The van der Waals surface area contributed by atoms with E-state index in [1.165, 1.54) is 12.8 Å². The second-order valence-electron chi connectivity index (χ2n) is 7.72. The summed E-state index contributed by atoms with van der Waals surface area (Å²) in [4.78, 5) is 16.9. The van der Waals surface area contributed by atoms with Gasteiger partial charge in [-0.05, 0) is 31.8 Å². The van der Waals surface area contributed by atoms with Crippen molar-refractivity contribution in [2.75, 3.05) is 23.8 Å². The molecule has 2 aromatic rings. The molecule has 2 saturated heterocycles. The van der Waals surface area contributed by atoms with Crippen LogP contribution in [0.2, 0.25) is 0 Å². The molecule has 8 heteroatoms. The van der Waals surface area contributed by atoms with Crippen LogP contribution in [0.4, 0.5) is 11.6 Å². The fraction of sp³-hybridized carbons (Fsp3) is 0.450. The maximum atomic E-state index is 12.1. The van der Waals surface area contributed by atoms with Gasteiger partial charge in [-0.15, -0.1) is 0 Å². The Morgan fingerprint density at radius 3 is 2.71 bits per heavy atom.